The summed E-state index contributed by atoms with van der Waals surface area (Å²) >= 11 is 0. The van der Waals surface area contributed by atoms with Crippen LogP contribution in [-0.2, 0) is 11.2 Å². The van der Waals surface area contributed by atoms with E-state index in [9.17, 15) is 4.79 Å². The molecule has 2 rings (SSSR count). The summed E-state index contributed by atoms with van der Waals surface area (Å²) in [6, 6.07) is 5.77. The number of allylic oxidation sites excluding steroid dienone is 1. The largest absolute Gasteiger partial charge is 0.497 e. The van der Waals surface area contributed by atoms with Gasteiger partial charge in [-0.05, 0) is 42.2 Å². The van der Waals surface area contributed by atoms with Crippen molar-refractivity contribution in [3.05, 3.63) is 35.4 Å². The number of methoxy groups -OCH3 is 1. The second-order valence-corrected chi connectivity index (χ2v) is 3.95. The molecule has 0 aromatic heterocycles. The lowest BCUT2D eigenvalue weighted by Gasteiger charge is -2.10. The number of hydrogen-bond donors (Lipinski definition) is 1. The first-order valence-corrected chi connectivity index (χ1v) is 5.23. The highest BCUT2D eigenvalue weighted by Crippen LogP contribution is 2.34. The van der Waals surface area contributed by atoms with E-state index in [2.05, 4.69) is 0 Å². The van der Waals surface area contributed by atoms with E-state index >= 15 is 0 Å². The van der Waals surface area contributed by atoms with E-state index in [0.717, 1.165) is 28.9 Å². The molecule has 3 heteroatoms. The first-order chi connectivity index (χ1) is 7.63. The summed E-state index contributed by atoms with van der Waals surface area (Å²) in [6.45, 7) is 1.72. The third kappa shape index (κ3) is 1.69. The van der Waals surface area contributed by atoms with Crippen molar-refractivity contribution < 1.29 is 14.6 Å². The van der Waals surface area contributed by atoms with E-state index in [1.54, 1.807) is 14.0 Å². The topological polar surface area (TPSA) is 46.5 Å². The van der Waals surface area contributed by atoms with Crippen molar-refractivity contribution in [3.63, 3.8) is 0 Å². The molecule has 1 aromatic carbocycles. The lowest BCUT2D eigenvalue weighted by atomic mass is 9.95. The smallest absolute Gasteiger partial charge is 0.310 e. The fourth-order valence-electron chi connectivity index (χ4n) is 2.02. The Kier molecular flexibility index (Phi) is 2.69. The van der Waals surface area contributed by atoms with E-state index < -0.39 is 11.9 Å². The number of aliphatic carboxylic acids is 1. The Morgan fingerprint density at radius 2 is 2.25 bits per heavy atom. The molecule has 1 aliphatic carbocycles. The number of hydrogen-bond acceptors (Lipinski definition) is 2. The summed E-state index contributed by atoms with van der Waals surface area (Å²) in [6.07, 6.45) is 2.78. The van der Waals surface area contributed by atoms with Crippen LogP contribution in [0.5, 0.6) is 5.75 Å². The van der Waals surface area contributed by atoms with Crippen molar-refractivity contribution in [2.24, 2.45) is 5.92 Å². The first-order valence-electron chi connectivity index (χ1n) is 5.23. The highest BCUT2D eigenvalue weighted by molar-refractivity contribution is 5.89. The van der Waals surface area contributed by atoms with Crippen LogP contribution in [0.2, 0.25) is 0 Å². The molecule has 0 saturated carbocycles. The molecule has 84 valence electrons. The van der Waals surface area contributed by atoms with Crippen LogP contribution in [0.4, 0.5) is 0 Å². The molecule has 0 radical (unpaired) electrons. The molecule has 0 amide bonds. The fraction of sp³-hybridized carbons (Fsp3) is 0.308. The number of fused-ring (bicyclic) bond motifs is 1. The Balaban J connectivity index is 2.35. The summed E-state index contributed by atoms with van der Waals surface area (Å²) in [7, 11) is 1.63. The van der Waals surface area contributed by atoms with E-state index in [1.165, 1.54) is 0 Å². The van der Waals surface area contributed by atoms with Crippen molar-refractivity contribution in [3.8, 4) is 5.75 Å². The fourth-order valence-corrected chi connectivity index (χ4v) is 2.02. The van der Waals surface area contributed by atoms with Gasteiger partial charge in [0.2, 0.25) is 0 Å². The normalized spacial score (nSPS) is 15.2. The summed E-state index contributed by atoms with van der Waals surface area (Å²) < 4.78 is 5.14. The number of carbonyl (C=O) groups is 1. The summed E-state index contributed by atoms with van der Waals surface area (Å²) in [5.41, 5.74) is 3.09. The Bertz CT molecular complexity index is 460. The zero-order valence-corrected chi connectivity index (χ0v) is 9.36. The van der Waals surface area contributed by atoms with Crippen LogP contribution in [0.15, 0.2) is 24.3 Å². The highest BCUT2D eigenvalue weighted by atomic mass is 16.5. The van der Waals surface area contributed by atoms with Crippen molar-refractivity contribution in [2.45, 2.75) is 13.3 Å². The summed E-state index contributed by atoms with van der Waals surface area (Å²) in [5.74, 6) is -0.416. The average molecular weight is 218 g/mol. The zero-order valence-electron chi connectivity index (χ0n) is 9.36. The molecule has 0 bridgehead atoms. The monoisotopic (exact) mass is 218 g/mol. The summed E-state index contributed by atoms with van der Waals surface area (Å²) in [4.78, 5) is 11.0. The molecule has 0 saturated heterocycles. The minimum Gasteiger partial charge on any atom is -0.497 e. The number of carboxylic acids is 1. The maximum Gasteiger partial charge on any atom is 0.310 e. The average Bonchev–Trinajstić information content (AvgIpc) is 2.70. The second kappa shape index (κ2) is 4.00. The SMILES string of the molecule is COc1ccc2c(c1)CC=C2C(C)C(=O)O. The lowest BCUT2D eigenvalue weighted by Crippen LogP contribution is -2.10. The number of ether oxygens (including phenoxy) is 1. The van der Waals surface area contributed by atoms with Crippen LogP contribution in [-0.4, -0.2) is 18.2 Å². The molecule has 1 N–H and O–H groups in total. The van der Waals surface area contributed by atoms with Gasteiger partial charge in [-0.3, -0.25) is 4.79 Å². The maximum absolute atomic E-state index is 11.0. The number of rotatable bonds is 3. The highest BCUT2D eigenvalue weighted by Gasteiger charge is 2.23. The predicted molar refractivity (Wildman–Crippen MR) is 61.5 cm³/mol. The van der Waals surface area contributed by atoms with Crippen molar-refractivity contribution in [2.75, 3.05) is 7.11 Å². The van der Waals surface area contributed by atoms with Crippen LogP contribution in [0, 0.1) is 5.92 Å². The molecule has 1 unspecified atom stereocenters. The molecule has 0 aliphatic heterocycles. The van der Waals surface area contributed by atoms with Crippen molar-refractivity contribution >= 4 is 11.5 Å². The Morgan fingerprint density at radius 1 is 1.50 bits per heavy atom. The maximum atomic E-state index is 11.0. The predicted octanol–water partition coefficient (Wildman–Crippen LogP) is 2.36. The molecular weight excluding hydrogens is 204 g/mol. The van der Waals surface area contributed by atoms with Crippen LogP contribution in [0.3, 0.4) is 0 Å². The number of carboxylic acid groups (broad SMARTS) is 1. The van der Waals surface area contributed by atoms with Gasteiger partial charge in [0.1, 0.15) is 5.75 Å². The molecule has 3 nitrogen and oxygen atoms in total. The minimum absolute atomic E-state index is 0.449. The molecule has 0 heterocycles. The standard InChI is InChI=1S/C13H14O3/c1-8(13(14)15)11-5-3-9-7-10(16-2)4-6-12(9)11/h4-8H,3H2,1-2H3,(H,14,15). The van der Waals surface area contributed by atoms with E-state index in [-0.39, 0.29) is 0 Å². The van der Waals surface area contributed by atoms with Crippen LogP contribution in [0.25, 0.3) is 5.57 Å². The quantitative estimate of drug-likeness (QED) is 0.847. The van der Waals surface area contributed by atoms with Crippen LogP contribution >= 0.6 is 0 Å². The van der Waals surface area contributed by atoms with Crippen molar-refractivity contribution in [1.82, 2.24) is 0 Å². The molecular formula is C13H14O3. The van der Waals surface area contributed by atoms with Crippen LogP contribution in [0.1, 0.15) is 18.1 Å². The Hall–Kier alpha value is -1.77. The number of benzene rings is 1. The van der Waals surface area contributed by atoms with Gasteiger partial charge >= 0.3 is 5.97 Å². The van der Waals surface area contributed by atoms with Gasteiger partial charge in [0.05, 0.1) is 13.0 Å². The molecule has 0 fully saturated rings. The molecule has 1 aliphatic rings. The summed E-state index contributed by atoms with van der Waals surface area (Å²) in [5, 5.41) is 9.00. The van der Waals surface area contributed by atoms with E-state index in [4.69, 9.17) is 9.84 Å². The van der Waals surface area contributed by atoms with Gasteiger partial charge in [-0.1, -0.05) is 12.1 Å². The second-order valence-electron chi connectivity index (χ2n) is 3.95. The third-order valence-electron chi connectivity index (χ3n) is 3.00. The molecule has 1 atom stereocenters. The van der Waals surface area contributed by atoms with Gasteiger partial charge < -0.3 is 9.84 Å². The van der Waals surface area contributed by atoms with Crippen molar-refractivity contribution in [1.29, 1.82) is 0 Å². The van der Waals surface area contributed by atoms with Gasteiger partial charge in [0, 0.05) is 0 Å². The third-order valence-corrected chi connectivity index (χ3v) is 3.00. The zero-order chi connectivity index (χ0) is 11.7. The van der Waals surface area contributed by atoms with Crippen LogP contribution < -0.4 is 4.74 Å². The Labute approximate surface area is 94.4 Å². The van der Waals surface area contributed by atoms with Gasteiger partial charge in [-0.25, -0.2) is 0 Å². The molecule has 0 spiro atoms. The lowest BCUT2D eigenvalue weighted by molar-refractivity contribution is -0.139. The Morgan fingerprint density at radius 3 is 2.88 bits per heavy atom. The van der Waals surface area contributed by atoms with E-state index in [1.807, 2.05) is 24.3 Å². The molecule has 1 aromatic rings. The van der Waals surface area contributed by atoms with E-state index in [0.29, 0.717) is 0 Å². The minimum atomic E-state index is -0.782. The van der Waals surface area contributed by atoms with Gasteiger partial charge in [-0.2, -0.15) is 0 Å². The van der Waals surface area contributed by atoms with Gasteiger partial charge in [0.25, 0.3) is 0 Å². The van der Waals surface area contributed by atoms with Gasteiger partial charge in [0.15, 0.2) is 0 Å². The first kappa shape index (κ1) is 10.7. The van der Waals surface area contributed by atoms with Gasteiger partial charge in [-0.15, -0.1) is 0 Å². The molecule has 16 heavy (non-hydrogen) atoms.